The number of aromatic nitrogens is 1. The van der Waals surface area contributed by atoms with E-state index in [0.717, 1.165) is 5.69 Å². The normalized spacial score (nSPS) is 17.7. The summed E-state index contributed by atoms with van der Waals surface area (Å²) in [7, 11) is -3.68. The highest BCUT2D eigenvalue weighted by molar-refractivity contribution is 7.89. The second-order valence-corrected chi connectivity index (χ2v) is 11.0. The molecule has 0 spiro atoms. The summed E-state index contributed by atoms with van der Waals surface area (Å²) >= 11 is 0. The summed E-state index contributed by atoms with van der Waals surface area (Å²) in [6, 6.07) is 15.3. The average Bonchev–Trinajstić information content (AvgIpc) is 3.25. The fraction of sp³-hybridized carbons (Fsp3) is 0.333. The summed E-state index contributed by atoms with van der Waals surface area (Å²) in [6.45, 7) is 4.43. The van der Waals surface area contributed by atoms with E-state index >= 15 is 0 Å². The Morgan fingerprint density at radius 1 is 1.00 bits per heavy atom. The molecule has 0 bridgehead atoms. The van der Waals surface area contributed by atoms with Gasteiger partial charge in [0.25, 0.3) is 0 Å². The molecule has 0 radical (unpaired) electrons. The van der Waals surface area contributed by atoms with Crippen molar-refractivity contribution in [1.29, 1.82) is 0 Å². The number of esters is 1. The lowest BCUT2D eigenvalue weighted by atomic mass is 10.1. The molecule has 1 aromatic heterocycles. The highest BCUT2D eigenvalue weighted by Gasteiger charge is 2.30. The number of nitrogens with zero attached hydrogens (tertiary/aromatic N) is 2. The molecule has 1 saturated heterocycles. The van der Waals surface area contributed by atoms with Crippen LogP contribution in [-0.2, 0) is 24.3 Å². The van der Waals surface area contributed by atoms with E-state index in [2.05, 4.69) is 0 Å². The second-order valence-electron chi connectivity index (χ2n) is 9.03. The third kappa shape index (κ3) is 5.04. The van der Waals surface area contributed by atoms with Crippen molar-refractivity contribution in [2.45, 2.75) is 24.8 Å². The summed E-state index contributed by atoms with van der Waals surface area (Å²) < 4.78 is 51.2. The molecule has 0 unspecified atom stereocenters. The van der Waals surface area contributed by atoms with Gasteiger partial charge in [-0.3, -0.25) is 4.79 Å². The van der Waals surface area contributed by atoms with E-state index in [1.54, 1.807) is 61.5 Å². The molecular weight excluding hydrogens is 512 g/mol. The molecule has 2 aromatic carbocycles. The number of carbonyl (C=O) groups is 2. The van der Waals surface area contributed by atoms with Gasteiger partial charge in [0.1, 0.15) is 6.61 Å². The monoisotopic (exact) mass is 540 g/mol. The van der Waals surface area contributed by atoms with E-state index in [4.69, 9.17) is 18.9 Å². The quantitative estimate of drug-likeness (QED) is 0.332. The Kier molecular flexibility index (Phi) is 7.24. The molecule has 2 aliphatic heterocycles. The van der Waals surface area contributed by atoms with E-state index < -0.39 is 28.7 Å². The molecule has 0 amide bonds. The van der Waals surface area contributed by atoms with Crippen LogP contribution in [0.25, 0.3) is 5.69 Å². The molecule has 1 atom stereocenters. The SMILES string of the molecule is Cc1cc(C(=O)COC(=O)[C@H]2COc3ccccc3O2)c(C)n1-c1cccc(S(=O)(=O)N2CCOCC2)c1. The van der Waals surface area contributed by atoms with Crippen LogP contribution in [0, 0.1) is 13.8 Å². The summed E-state index contributed by atoms with van der Waals surface area (Å²) in [6.07, 6.45) is -0.971. The zero-order valence-electron chi connectivity index (χ0n) is 21.1. The first-order valence-electron chi connectivity index (χ1n) is 12.2. The van der Waals surface area contributed by atoms with E-state index in [0.29, 0.717) is 54.7 Å². The number of para-hydroxylation sites is 2. The van der Waals surface area contributed by atoms with Gasteiger partial charge in [-0.05, 0) is 50.2 Å². The maximum absolute atomic E-state index is 13.1. The average molecular weight is 541 g/mol. The lowest BCUT2D eigenvalue weighted by Crippen LogP contribution is -2.40. The summed E-state index contributed by atoms with van der Waals surface area (Å²) in [5, 5.41) is 0. The summed E-state index contributed by atoms with van der Waals surface area (Å²) in [5.41, 5.74) is 2.33. The van der Waals surface area contributed by atoms with Gasteiger partial charge in [0.15, 0.2) is 18.1 Å². The van der Waals surface area contributed by atoms with E-state index in [-0.39, 0.29) is 17.3 Å². The molecule has 3 heterocycles. The Morgan fingerprint density at radius 2 is 1.74 bits per heavy atom. The lowest BCUT2D eigenvalue weighted by Gasteiger charge is -2.26. The number of morpholine rings is 1. The van der Waals surface area contributed by atoms with Gasteiger partial charge in [-0.2, -0.15) is 4.31 Å². The predicted molar refractivity (Wildman–Crippen MR) is 136 cm³/mol. The van der Waals surface area contributed by atoms with Crippen molar-refractivity contribution in [1.82, 2.24) is 8.87 Å². The predicted octanol–water partition coefficient (Wildman–Crippen LogP) is 2.68. The number of rotatable bonds is 7. The minimum absolute atomic E-state index is 0.0117. The van der Waals surface area contributed by atoms with Crippen LogP contribution in [0.2, 0.25) is 0 Å². The van der Waals surface area contributed by atoms with E-state index in [1.165, 1.54) is 4.31 Å². The summed E-state index contributed by atoms with van der Waals surface area (Å²) in [4.78, 5) is 25.7. The van der Waals surface area contributed by atoms with Crippen LogP contribution in [0.3, 0.4) is 0 Å². The molecule has 0 saturated carbocycles. The smallest absolute Gasteiger partial charge is 0.351 e. The van der Waals surface area contributed by atoms with Gasteiger partial charge in [0, 0.05) is 35.7 Å². The third-order valence-corrected chi connectivity index (χ3v) is 8.43. The van der Waals surface area contributed by atoms with Crippen LogP contribution in [-0.4, -0.2) is 74.7 Å². The van der Waals surface area contributed by atoms with Gasteiger partial charge in [0.2, 0.25) is 21.9 Å². The lowest BCUT2D eigenvalue weighted by molar-refractivity contribution is -0.153. The van der Waals surface area contributed by atoms with Crippen molar-refractivity contribution < 1.29 is 37.0 Å². The topological polar surface area (TPSA) is 113 Å². The highest BCUT2D eigenvalue weighted by atomic mass is 32.2. The Hall–Kier alpha value is -3.67. The number of Topliss-reactive ketones (excluding diaryl/α,β-unsaturated/α-hetero) is 1. The Labute approximate surface area is 220 Å². The zero-order chi connectivity index (χ0) is 26.9. The molecule has 38 heavy (non-hydrogen) atoms. The summed E-state index contributed by atoms with van der Waals surface area (Å²) in [5.74, 6) is -0.0927. The third-order valence-electron chi connectivity index (χ3n) is 6.53. The van der Waals surface area contributed by atoms with Gasteiger partial charge in [-0.15, -0.1) is 0 Å². The molecule has 2 aliphatic rings. The second kappa shape index (κ2) is 10.6. The van der Waals surface area contributed by atoms with Gasteiger partial charge >= 0.3 is 5.97 Å². The standard InChI is InChI=1S/C27H28N2O8S/c1-18-14-22(23(30)16-36-27(31)26-17-35-24-8-3-4-9-25(24)37-26)19(2)29(18)20-6-5-7-21(15-20)38(32,33)28-10-12-34-13-11-28/h3-9,14-15,26H,10-13,16-17H2,1-2H3/t26-/m1/s1. The van der Waals surface area contributed by atoms with Crippen LogP contribution in [0.4, 0.5) is 0 Å². The van der Waals surface area contributed by atoms with Crippen molar-refractivity contribution in [3.63, 3.8) is 0 Å². The number of sulfonamides is 1. The Morgan fingerprint density at radius 3 is 2.50 bits per heavy atom. The van der Waals surface area contributed by atoms with Crippen molar-refractivity contribution in [2.75, 3.05) is 39.5 Å². The van der Waals surface area contributed by atoms with Crippen LogP contribution >= 0.6 is 0 Å². The Bertz CT molecular complexity index is 1470. The maximum Gasteiger partial charge on any atom is 0.351 e. The van der Waals surface area contributed by atoms with Gasteiger partial charge in [-0.1, -0.05) is 18.2 Å². The van der Waals surface area contributed by atoms with Crippen LogP contribution in [0.1, 0.15) is 21.7 Å². The minimum Gasteiger partial charge on any atom is -0.485 e. The maximum atomic E-state index is 13.1. The highest BCUT2D eigenvalue weighted by Crippen LogP contribution is 2.31. The fourth-order valence-electron chi connectivity index (χ4n) is 4.60. The molecule has 1 fully saturated rings. The number of ether oxygens (including phenoxy) is 4. The molecule has 0 aliphatic carbocycles. The number of fused-ring (bicyclic) bond motifs is 1. The number of hydrogen-bond acceptors (Lipinski definition) is 8. The van der Waals surface area contributed by atoms with E-state index in [9.17, 15) is 18.0 Å². The molecule has 11 heteroatoms. The first kappa shape index (κ1) is 26.0. The van der Waals surface area contributed by atoms with Crippen LogP contribution in [0.15, 0.2) is 59.5 Å². The fourth-order valence-corrected chi connectivity index (χ4v) is 6.05. The van der Waals surface area contributed by atoms with Crippen molar-refractivity contribution in [2.24, 2.45) is 0 Å². The number of carbonyl (C=O) groups excluding carboxylic acids is 2. The number of benzene rings is 2. The first-order valence-corrected chi connectivity index (χ1v) is 13.7. The van der Waals surface area contributed by atoms with E-state index in [1.807, 2.05) is 11.5 Å². The molecule has 3 aromatic rings. The number of aryl methyl sites for hydroxylation is 1. The van der Waals surface area contributed by atoms with Crippen molar-refractivity contribution >= 4 is 21.8 Å². The van der Waals surface area contributed by atoms with Crippen LogP contribution < -0.4 is 9.47 Å². The molecular formula is C27H28N2O8S. The molecule has 200 valence electrons. The number of ketones is 1. The van der Waals surface area contributed by atoms with Gasteiger partial charge in [-0.25, -0.2) is 13.2 Å². The van der Waals surface area contributed by atoms with Crippen molar-refractivity contribution in [3.05, 3.63) is 71.5 Å². The van der Waals surface area contributed by atoms with Gasteiger partial charge < -0.3 is 23.5 Å². The molecule has 10 nitrogen and oxygen atoms in total. The first-order chi connectivity index (χ1) is 18.3. The molecule has 5 rings (SSSR count). The largest absolute Gasteiger partial charge is 0.485 e. The van der Waals surface area contributed by atoms with Crippen LogP contribution in [0.5, 0.6) is 11.5 Å². The minimum atomic E-state index is -3.68. The zero-order valence-corrected chi connectivity index (χ0v) is 21.9. The molecule has 0 N–H and O–H groups in total. The number of hydrogen-bond donors (Lipinski definition) is 0. The van der Waals surface area contributed by atoms with Gasteiger partial charge in [0.05, 0.1) is 18.1 Å². The van der Waals surface area contributed by atoms with Crippen molar-refractivity contribution in [3.8, 4) is 17.2 Å². The Balaban J connectivity index is 1.30.